The quantitative estimate of drug-likeness (QED) is 0.585. The largest absolute Gasteiger partial charge is 0.321 e. The van der Waals surface area contributed by atoms with Crippen LogP contribution in [0.2, 0.25) is 0 Å². The predicted octanol–water partition coefficient (Wildman–Crippen LogP) is 3.90. The van der Waals surface area contributed by atoms with Gasteiger partial charge >= 0.3 is 0 Å². The number of aromatic nitrogens is 1. The lowest BCUT2D eigenvalue weighted by Crippen LogP contribution is -2.16. The molecule has 0 amide bonds. The lowest BCUT2D eigenvalue weighted by Gasteiger charge is -2.24. The lowest BCUT2D eigenvalue weighted by molar-refractivity contribution is -0.103. The summed E-state index contributed by atoms with van der Waals surface area (Å²) in [5.74, 6) is 0. The summed E-state index contributed by atoms with van der Waals surface area (Å²) in [5, 5.41) is 0. The SMILES string of the molecule is CC(C)(C/C=C(\C=O)n1cccc1)c1ccccc1. The van der Waals surface area contributed by atoms with E-state index >= 15 is 0 Å². The first-order valence-corrected chi connectivity index (χ1v) is 6.48. The number of hydrogen-bond acceptors (Lipinski definition) is 1. The standard InChI is InChI=1S/C17H19NO/c1-17(2,15-8-4-3-5-9-15)11-10-16(14-19)18-12-6-7-13-18/h3-10,12-14H,11H2,1-2H3/b16-10+. The Morgan fingerprint density at radius 1 is 1.11 bits per heavy atom. The molecule has 2 heteroatoms. The Bertz CT molecular complexity index is 550. The fraction of sp³-hybridized carbons (Fsp3) is 0.235. The second-order valence-electron chi connectivity index (χ2n) is 5.29. The number of nitrogens with zero attached hydrogens (tertiary/aromatic N) is 1. The molecule has 0 saturated carbocycles. The van der Waals surface area contributed by atoms with Crippen LogP contribution in [0.3, 0.4) is 0 Å². The van der Waals surface area contributed by atoms with E-state index in [1.165, 1.54) is 5.56 Å². The number of allylic oxidation sites excluding steroid dienone is 2. The van der Waals surface area contributed by atoms with E-state index in [0.29, 0.717) is 5.70 Å². The van der Waals surface area contributed by atoms with Crippen molar-refractivity contribution in [3.8, 4) is 0 Å². The highest BCUT2D eigenvalue weighted by atomic mass is 16.1. The van der Waals surface area contributed by atoms with E-state index in [1.54, 1.807) is 0 Å². The molecule has 0 N–H and O–H groups in total. The van der Waals surface area contributed by atoms with Crippen molar-refractivity contribution < 1.29 is 4.79 Å². The van der Waals surface area contributed by atoms with E-state index in [0.717, 1.165) is 12.7 Å². The molecule has 98 valence electrons. The Morgan fingerprint density at radius 3 is 2.32 bits per heavy atom. The van der Waals surface area contributed by atoms with Gasteiger partial charge in [0.1, 0.15) is 0 Å². The van der Waals surface area contributed by atoms with Crippen LogP contribution < -0.4 is 0 Å². The van der Waals surface area contributed by atoms with Gasteiger partial charge in [-0.15, -0.1) is 0 Å². The molecule has 19 heavy (non-hydrogen) atoms. The van der Waals surface area contributed by atoms with Gasteiger partial charge in [0.15, 0.2) is 6.29 Å². The van der Waals surface area contributed by atoms with E-state index in [1.807, 2.05) is 53.4 Å². The Morgan fingerprint density at radius 2 is 1.74 bits per heavy atom. The van der Waals surface area contributed by atoms with Gasteiger partial charge in [0.2, 0.25) is 0 Å². The first-order valence-electron chi connectivity index (χ1n) is 6.48. The van der Waals surface area contributed by atoms with Crippen molar-refractivity contribution in [1.29, 1.82) is 0 Å². The maximum atomic E-state index is 11.2. The van der Waals surface area contributed by atoms with E-state index in [2.05, 4.69) is 26.0 Å². The van der Waals surface area contributed by atoms with Crippen LogP contribution in [0.1, 0.15) is 25.8 Å². The molecule has 0 bridgehead atoms. The highest BCUT2D eigenvalue weighted by molar-refractivity contribution is 5.98. The zero-order valence-corrected chi connectivity index (χ0v) is 11.4. The molecule has 0 unspecified atom stereocenters. The van der Waals surface area contributed by atoms with E-state index < -0.39 is 0 Å². The topological polar surface area (TPSA) is 22.0 Å². The van der Waals surface area contributed by atoms with Gasteiger partial charge in [0.25, 0.3) is 0 Å². The van der Waals surface area contributed by atoms with Gasteiger partial charge in [-0.1, -0.05) is 50.3 Å². The minimum absolute atomic E-state index is 0.0165. The maximum Gasteiger partial charge on any atom is 0.166 e. The van der Waals surface area contributed by atoms with Crippen molar-refractivity contribution in [3.05, 3.63) is 66.5 Å². The summed E-state index contributed by atoms with van der Waals surface area (Å²) in [4.78, 5) is 11.2. The van der Waals surface area contributed by atoms with Crippen molar-refractivity contribution in [2.75, 3.05) is 0 Å². The minimum atomic E-state index is 0.0165. The molecular formula is C17H19NO. The Kier molecular flexibility index (Phi) is 4.00. The third-order valence-electron chi connectivity index (χ3n) is 3.40. The van der Waals surface area contributed by atoms with Crippen LogP contribution in [0.25, 0.3) is 5.70 Å². The van der Waals surface area contributed by atoms with Crippen molar-refractivity contribution in [3.63, 3.8) is 0 Å². The molecule has 2 nitrogen and oxygen atoms in total. The summed E-state index contributed by atoms with van der Waals surface area (Å²) < 4.78 is 1.84. The second kappa shape index (κ2) is 5.70. The summed E-state index contributed by atoms with van der Waals surface area (Å²) in [6, 6.07) is 14.2. The third-order valence-corrected chi connectivity index (χ3v) is 3.40. The van der Waals surface area contributed by atoms with E-state index in [9.17, 15) is 4.79 Å². The van der Waals surface area contributed by atoms with Crippen LogP contribution >= 0.6 is 0 Å². The highest BCUT2D eigenvalue weighted by Crippen LogP contribution is 2.27. The molecule has 1 aromatic carbocycles. The Labute approximate surface area is 114 Å². The van der Waals surface area contributed by atoms with Crippen LogP contribution in [0.15, 0.2) is 60.9 Å². The first-order chi connectivity index (χ1) is 9.13. The molecule has 1 aromatic heterocycles. The average molecular weight is 253 g/mol. The van der Waals surface area contributed by atoms with Crippen molar-refractivity contribution in [1.82, 2.24) is 4.57 Å². The molecule has 2 aromatic rings. The summed E-state index contributed by atoms with van der Waals surface area (Å²) >= 11 is 0. The minimum Gasteiger partial charge on any atom is -0.321 e. The summed E-state index contributed by atoms with van der Waals surface area (Å²) in [6.07, 6.45) is 7.50. The summed E-state index contributed by atoms with van der Waals surface area (Å²) in [7, 11) is 0. The molecule has 0 aliphatic carbocycles. The molecule has 0 radical (unpaired) electrons. The van der Waals surface area contributed by atoms with Gasteiger partial charge in [-0.05, 0) is 29.5 Å². The number of benzene rings is 1. The fourth-order valence-corrected chi connectivity index (χ4v) is 2.09. The second-order valence-corrected chi connectivity index (χ2v) is 5.29. The van der Waals surface area contributed by atoms with Crippen molar-refractivity contribution in [2.45, 2.75) is 25.7 Å². The van der Waals surface area contributed by atoms with Crippen molar-refractivity contribution in [2.24, 2.45) is 0 Å². The normalized spacial score (nSPS) is 12.4. The lowest BCUT2D eigenvalue weighted by atomic mass is 9.81. The Hall–Kier alpha value is -2.09. The highest BCUT2D eigenvalue weighted by Gasteiger charge is 2.19. The zero-order chi connectivity index (χ0) is 13.7. The van der Waals surface area contributed by atoms with Crippen LogP contribution in [-0.2, 0) is 10.2 Å². The number of rotatable bonds is 5. The molecule has 2 rings (SSSR count). The molecule has 0 fully saturated rings. The van der Waals surface area contributed by atoms with Gasteiger partial charge in [0, 0.05) is 12.4 Å². The fourth-order valence-electron chi connectivity index (χ4n) is 2.09. The van der Waals surface area contributed by atoms with Gasteiger partial charge in [-0.3, -0.25) is 4.79 Å². The molecule has 0 aliphatic heterocycles. The van der Waals surface area contributed by atoms with Crippen LogP contribution in [-0.4, -0.2) is 10.9 Å². The molecule has 0 atom stereocenters. The maximum absolute atomic E-state index is 11.2. The Balaban J connectivity index is 2.18. The third kappa shape index (κ3) is 3.22. The van der Waals surface area contributed by atoms with Crippen LogP contribution in [0.4, 0.5) is 0 Å². The number of carbonyl (C=O) groups is 1. The zero-order valence-electron chi connectivity index (χ0n) is 11.4. The molecule has 0 spiro atoms. The summed E-state index contributed by atoms with van der Waals surface area (Å²) in [5.41, 5.74) is 1.99. The van der Waals surface area contributed by atoms with Crippen LogP contribution in [0, 0.1) is 0 Å². The molecule has 0 saturated heterocycles. The average Bonchev–Trinajstić information content (AvgIpc) is 2.94. The van der Waals surface area contributed by atoms with Crippen LogP contribution in [0.5, 0.6) is 0 Å². The first kappa shape index (κ1) is 13.3. The summed E-state index contributed by atoms with van der Waals surface area (Å²) in [6.45, 7) is 4.38. The van der Waals surface area contributed by atoms with E-state index in [-0.39, 0.29) is 5.41 Å². The smallest absolute Gasteiger partial charge is 0.166 e. The number of hydrogen-bond donors (Lipinski definition) is 0. The van der Waals surface area contributed by atoms with Gasteiger partial charge in [-0.25, -0.2) is 0 Å². The van der Waals surface area contributed by atoms with Crippen molar-refractivity contribution >= 4 is 12.0 Å². The predicted molar refractivity (Wildman–Crippen MR) is 78.9 cm³/mol. The van der Waals surface area contributed by atoms with Gasteiger partial charge < -0.3 is 4.57 Å². The molecular weight excluding hydrogens is 234 g/mol. The number of carbonyl (C=O) groups excluding carboxylic acids is 1. The van der Waals surface area contributed by atoms with E-state index in [4.69, 9.17) is 0 Å². The van der Waals surface area contributed by atoms with Gasteiger partial charge in [-0.2, -0.15) is 0 Å². The number of aldehydes is 1. The van der Waals surface area contributed by atoms with Gasteiger partial charge in [0.05, 0.1) is 5.70 Å². The monoisotopic (exact) mass is 253 g/mol. The molecule has 0 aliphatic rings. The molecule has 1 heterocycles.